The minimum Gasteiger partial charge on any atom is -0.495 e. The van der Waals surface area contributed by atoms with E-state index in [9.17, 15) is 4.79 Å². The third-order valence-electron chi connectivity index (χ3n) is 4.19. The molecule has 0 aliphatic carbocycles. The van der Waals surface area contributed by atoms with E-state index in [0.717, 1.165) is 0 Å². The van der Waals surface area contributed by atoms with Gasteiger partial charge in [-0.25, -0.2) is 9.97 Å². The number of hydrogen-bond donors (Lipinski definition) is 1. The van der Waals surface area contributed by atoms with Crippen LogP contribution in [0.1, 0.15) is 13.8 Å². The van der Waals surface area contributed by atoms with Crippen molar-refractivity contribution in [3.63, 3.8) is 0 Å². The fourth-order valence-corrected chi connectivity index (χ4v) is 3.97. The normalized spacial score (nSPS) is 11.5. The van der Waals surface area contributed by atoms with Gasteiger partial charge in [0.25, 0.3) is 0 Å². The maximum absolute atomic E-state index is 11.9. The first-order valence-electron chi connectivity index (χ1n) is 8.41. The standard InChI is InChI=1S/C19H15Cl2N3O3S/c1-8(2)18(25)24-19-23-11(7-28-19)10-6-9(20)17-16(22-10)14-12(27-17)4-5-13(26-3)15(14)21/h4-8H,1-3H3,(H,23,24,25). The van der Waals surface area contributed by atoms with Crippen LogP contribution >= 0.6 is 34.5 Å². The summed E-state index contributed by atoms with van der Waals surface area (Å²) in [4.78, 5) is 21.0. The van der Waals surface area contributed by atoms with E-state index in [-0.39, 0.29) is 11.8 Å². The smallest absolute Gasteiger partial charge is 0.228 e. The molecule has 0 aliphatic heterocycles. The molecule has 0 unspecified atom stereocenters. The molecule has 3 heterocycles. The van der Waals surface area contributed by atoms with Crippen molar-refractivity contribution in [1.29, 1.82) is 0 Å². The van der Waals surface area contributed by atoms with E-state index in [2.05, 4.69) is 15.3 Å². The molecule has 28 heavy (non-hydrogen) atoms. The van der Waals surface area contributed by atoms with Crippen LogP contribution in [-0.2, 0) is 4.79 Å². The van der Waals surface area contributed by atoms with Gasteiger partial charge in [0, 0.05) is 11.3 Å². The maximum atomic E-state index is 11.9. The summed E-state index contributed by atoms with van der Waals surface area (Å²) in [6.45, 7) is 3.64. The second-order valence-corrected chi connectivity index (χ2v) is 8.05. The van der Waals surface area contributed by atoms with Crippen molar-refractivity contribution in [3.05, 3.63) is 33.6 Å². The summed E-state index contributed by atoms with van der Waals surface area (Å²) in [6.07, 6.45) is 0. The van der Waals surface area contributed by atoms with E-state index in [1.54, 1.807) is 25.3 Å². The zero-order valence-corrected chi connectivity index (χ0v) is 17.5. The summed E-state index contributed by atoms with van der Waals surface area (Å²) in [5.74, 6) is 0.292. The van der Waals surface area contributed by atoms with Gasteiger partial charge in [-0.15, -0.1) is 11.3 Å². The lowest BCUT2D eigenvalue weighted by molar-refractivity contribution is -0.118. The summed E-state index contributed by atoms with van der Waals surface area (Å²) in [6, 6.07) is 5.17. The zero-order valence-electron chi connectivity index (χ0n) is 15.2. The number of thiazole rings is 1. The first-order chi connectivity index (χ1) is 13.4. The van der Waals surface area contributed by atoms with Gasteiger partial charge in [-0.1, -0.05) is 37.0 Å². The van der Waals surface area contributed by atoms with Crippen LogP contribution in [0.2, 0.25) is 10.0 Å². The van der Waals surface area contributed by atoms with Gasteiger partial charge in [0.15, 0.2) is 10.7 Å². The highest BCUT2D eigenvalue weighted by molar-refractivity contribution is 7.14. The Kier molecular flexibility index (Phi) is 4.91. The fraction of sp³-hybridized carbons (Fsp3) is 0.211. The van der Waals surface area contributed by atoms with Gasteiger partial charge in [-0.05, 0) is 18.2 Å². The Hall–Kier alpha value is -2.35. The maximum Gasteiger partial charge on any atom is 0.228 e. The number of carbonyl (C=O) groups excluding carboxylic acids is 1. The number of amides is 1. The summed E-state index contributed by atoms with van der Waals surface area (Å²) in [5.41, 5.74) is 2.69. The number of carbonyl (C=O) groups is 1. The van der Waals surface area contributed by atoms with E-state index >= 15 is 0 Å². The number of hydrogen-bond acceptors (Lipinski definition) is 6. The molecule has 3 aromatic heterocycles. The van der Waals surface area contributed by atoms with Gasteiger partial charge in [0.05, 0.1) is 28.2 Å². The molecule has 0 spiro atoms. The molecule has 0 saturated heterocycles. The van der Waals surface area contributed by atoms with Crippen LogP contribution in [0.4, 0.5) is 5.13 Å². The quantitative estimate of drug-likeness (QED) is 0.424. The molecule has 1 aromatic carbocycles. The number of methoxy groups -OCH3 is 1. The first kappa shape index (κ1) is 19.0. The number of nitrogens with zero attached hydrogens (tertiary/aromatic N) is 2. The Balaban J connectivity index is 1.84. The predicted molar refractivity (Wildman–Crippen MR) is 113 cm³/mol. The van der Waals surface area contributed by atoms with Crippen molar-refractivity contribution >= 4 is 67.6 Å². The predicted octanol–water partition coefficient (Wildman–Crippen LogP) is 6.01. The van der Waals surface area contributed by atoms with Gasteiger partial charge in [0.2, 0.25) is 5.91 Å². The lowest BCUT2D eigenvalue weighted by atomic mass is 10.2. The summed E-state index contributed by atoms with van der Waals surface area (Å²) >= 11 is 14.2. The van der Waals surface area contributed by atoms with Crippen molar-refractivity contribution < 1.29 is 13.9 Å². The number of halogens is 2. The summed E-state index contributed by atoms with van der Waals surface area (Å²) < 4.78 is 11.1. The molecule has 1 N–H and O–H groups in total. The van der Waals surface area contributed by atoms with Crippen LogP contribution in [0.25, 0.3) is 33.5 Å². The molecule has 0 bridgehead atoms. The number of rotatable bonds is 4. The molecular weight excluding hydrogens is 421 g/mol. The van der Waals surface area contributed by atoms with Crippen LogP contribution in [0.15, 0.2) is 28.0 Å². The number of fused-ring (bicyclic) bond motifs is 3. The van der Waals surface area contributed by atoms with Crippen molar-refractivity contribution in [2.24, 2.45) is 5.92 Å². The van der Waals surface area contributed by atoms with Crippen LogP contribution in [0.5, 0.6) is 5.75 Å². The SMILES string of the molecule is COc1ccc2oc3c(Cl)cc(-c4csc(NC(=O)C(C)C)n4)nc3c2c1Cl. The van der Waals surface area contributed by atoms with Gasteiger partial charge < -0.3 is 14.5 Å². The third kappa shape index (κ3) is 3.19. The number of aromatic nitrogens is 2. The molecule has 0 aliphatic rings. The lowest BCUT2D eigenvalue weighted by Gasteiger charge is -2.04. The number of ether oxygens (including phenoxy) is 1. The molecule has 6 nitrogen and oxygen atoms in total. The number of pyridine rings is 1. The lowest BCUT2D eigenvalue weighted by Crippen LogP contribution is -2.17. The van der Waals surface area contributed by atoms with Crippen LogP contribution in [-0.4, -0.2) is 23.0 Å². The molecule has 9 heteroatoms. The largest absolute Gasteiger partial charge is 0.495 e. The highest BCUT2D eigenvalue weighted by Crippen LogP contribution is 2.41. The number of furan rings is 1. The van der Waals surface area contributed by atoms with Gasteiger partial charge in [0.1, 0.15) is 22.5 Å². The van der Waals surface area contributed by atoms with Gasteiger partial charge in [-0.2, -0.15) is 0 Å². The average molecular weight is 436 g/mol. The Bertz CT molecular complexity index is 1220. The topological polar surface area (TPSA) is 77.2 Å². The van der Waals surface area contributed by atoms with E-state index in [4.69, 9.17) is 32.4 Å². The van der Waals surface area contributed by atoms with Crippen LogP contribution < -0.4 is 10.1 Å². The zero-order chi connectivity index (χ0) is 20.0. The van der Waals surface area contributed by atoms with E-state index < -0.39 is 0 Å². The number of anilines is 1. The van der Waals surface area contributed by atoms with Crippen molar-refractivity contribution in [2.45, 2.75) is 13.8 Å². The van der Waals surface area contributed by atoms with E-state index in [0.29, 0.717) is 54.4 Å². The van der Waals surface area contributed by atoms with Crippen molar-refractivity contribution in [3.8, 4) is 17.1 Å². The molecule has 4 rings (SSSR count). The minimum atomic E-state index is -0.134. The first-order valence-corrected chi connectivity index (χ1v) is 10.0. The third-order valence-corrected chi connectivity index (χ3v) is 5.60. The molecule has 144 valence electrons. The van der Waals surface area contributed by atoms with Crippen molar-refractivity contribution in [2.75, 3.05) is 12.4 Å². The Morgan fingerprint density at radius 3 is 2.75 bits per heavy atom. The second-order valence-electron chi connectivity index (χ2n) is 6.41. The molecule has 0 saturated carbocycles. The molecule has 0 radical (unpaired) electrons. The van der Waals surface area contributed by atoms with Crippen LogP contribution in [0.3, 0.4) is 0 Å². The Labute approximate surface area is 174 Å². The monoisotopic (exact) mass is 435 g/mol. The highest BCUT2D eigenvalue weighted by Gasteiger charge is 2.20. The minimum absolute atomic E-state index is 0.0953. The average Bonchev–Trinajstić information content (AvgIpc) is 3.27. The number of benzene rings is 1. The molecule has 1 amide bonds. The fourth-order valence-electron chi connectivity index (χ4n) is 2.71. The van der Waals surface area contributed by atoms with Crippen molar-refractivity contribution in [1.82, 2.24) is 9.97 Å². The molecule has 0 atom stereocenters. The van der Waals surface area contributed by atoms with E-state index in [1.807, 2.05) is 19.2 Å². The van der Waals surface area contributed by atoms with Gasteiger partial charge in [-0.3, -0.25) is 4.79 Å². The Morgan fingerprint density at radius 1 is 1.25 bits per heavy atom. The molecule has 0 fully saturated rings. The highest BCUT2D eigenvalue weighted by atomic mass is 35.5. The van der Waals surface area contributed by atoms with Crippen LogP contribution in [0, 0.1) is 5.92 Å². The molecular formula is C19H15Cl2N3O3S. The van der Waals surface area contributed by atoms with Gasteiger partial charge >= 0.3 is 0 Å². The molecule has 4 aromatic rings. The summed E-state index contributed by atoms with van der Waals surface area (Å²) in [5, 5.41) is 6.53. The Morgan fingerprint density at radius 2 is 2.04 bits per heavy atom. The number of nitrogens with one attached hydrogen (secondary N) is 1. The van der Waals surface area contributed by atoms with E-state index in [1.165, 1.54) is 11.3 Å². The second kappa shape index (κ2) is 7.24. The summed E-state index contributed by atoms with van der Waals surface area (Å²) in [7, 11) is 1.55.